The molecule has 2 aliphatic heterocycles. The number of halogens is 1. The van der Waals surface area contributed by atoms with Crippen LogP contribution in [-0.4, -0.2) is 68.8 Å². The number of hydrogen-bond acceptors (Lipinski definition) is 4. The van der Waals surface area contributed by atoms with Gasteiger partial charge in [0.05, 0.1) is 16.8 Å². The van der Waals surface area contributed by atoms with Crippen molar-refractivity contribution in [2.45, 2.75) is 38.0 Å². The summed E-state index contributed by atoms with van der Waals surface area (Å²) in [5, 5.41) is 3.59. The van der Waals surface area contributed by atoms with E-state index >= 15 is 0 Å². The Morgan fingerprint density at radius 3 is 2.49 bits per heavy atom. The molecule has 1 aromatic heterocycles. The van der Waals surface area contributed by atoms with Crippen LogP contribution in [0.5, 0.6) is 0 Å². The van der Waals surface area contributed by atoms with E-state index in [9.17, 15) is 9.18 Å². The van der Waals surface area contributed by atoms with E-state index in [2.05, 4.69) is 45.9 Å². The summed E-state index contributed by atoms with van der Waals surface area (Å²) in [7, 11) is -0.450. The predicted octanol–water partition coefficient (Wildman–Crippen LogP) is 4.54. The van der Waals surface area contributed by atoms with Gasteiger partial charge >= 0.3 is 0 Å². The van der Waals surface area contributed by atoms with Gasteiger partial charge in [0.2, 0.25) is 0 Å². The molecule has 1 amide bonds. The van der Waals surface area contributed by atoms with Gasteiger partial charge in [-0.2, -0.15) is 0 Å². The number of aromatic nitrogens is 1. The number of fused-ring (bicyclic) bond motifs is 1. The average molecular weight is 491 g/mol. The topological polar surface area (TPSA) is 48.5 Å². The van der Waals surface area contributed by atoms with Crippen LogP contribution in [0.2, 0.25) is 18.6 Å². The zero-order chi connectivity index (χ0) is 24.2. The Hall–Kier alpha value is -2.61. The van der Waals surface area contributed by atoms with Crippen LogP contribution in [0.25, 0.3) is 22.2 Å². The third-order valence-electron chi connectivity index (χ3n) is 7.46. The molecule has 5 nitrogen and oxygen atoms in total. The molecule has 0 radical (unpaired) electrons. The van der Waals surface area contributed by atoms with Crippen molar-refractivity contribution in [2.24, 2.45) is 0 Å². The summed E-state index contributed by atoms with van der Waals surface area (Å²) in [6, 6.07) is 17.6. The third kappa shape index (κ3) is 5.97. The molecule has 3 aromatic rings. The number of carbonyl (C=O) groups excluding carboxylic acids is 1. The minimum atomic E-state index is -0.450. The lowest BCUT2D eigenvalue weighted by Gasteiger charge is -2.29. The third-order valence-corrected chi connectivity index (χ3v) is 9.95. The maximum absolute atomic E-state index is 14.1. The molecule has 2 saturated heterocycles. The van der Waals surface area contributed by atoms with Crippen LogP contribution in [0, 0.1) is 5.82 Å². The van der Waals surface area contributed by atoms with Crippen molar-refractivity contribution in [3.05, 3.63) is 65.5 Å². The molecule has 0 unspecified atom stereocenters. The fraction of sp³-hybridized carbons (Fsp3) is 0.429. The van der Waals surface area contributed by atoms with Gasteiger partial charge in [0.15, 0.2) is 0 Å². The summed E-state index contributed by atoms with van der Waals surface area (Å²) in [5.41, 5.74) is 4.10. The number of nitrogens with zero attached hydrogens (tertiary/aromatic N) is 3. The summed E-state index contributed by atoms with van der Waals surface area (Å²) in [6.07, 6.45) is 2.45. The van der Waals surface area contributed by atoms with Gasteiger partial charge in [-0.25, -0.2) is 9.37 Å². The highest BCUT2D eigenvalue weighted by molar-refractivity contribution is 6.57. The van der Waals surface area contributed by atoms with Gasteiger partial charge < -0.3 is 10.2 Å². The summed E-state index contributed by atoms with van der Waals surface area (Å²) < 4.78 is 14.1. The Morgan fingerprint density at radius 1 is 1.00 bits per heavy atom. The lowest BCUT2D eigenvalue weighted by Crippen LogP contribution is -2.35. The predicted molar refractivity (Wildman–Crippen MR) is 143 cm³/mol. The van der Waals surface area contributed by atoms with E-state index < -0.39 is 8.80 Å². The Kier molecular flexibility index (Phi) is 7.56. The first kappa shape index (κ1) is 24.1. The number of pyridine rings is 1. The van der Waals surface area contributed by atoms with Gasteiger partial charge in [-0.1, -0.05) is 30.8 Å². The molecule has 35 heavy (non-hydrogen) atoms. The normalized spacial score (nSPS) is 17.8. The highest BCUT2D eigenvalue weighted by atomic mass is 28.3. The minimum Gasteiger partial charge on any atom is -0.351 e. The average Bonchev–Trinajstić information content (AvgIpc) is 3.39. The number of amides is 1. The van der Waals surface area contributed by atoms with Crippen LogP contribution in [-0.2, 0) is 6.54 Å². The van der Waals surface area contributed by atoms with Crippen LogP contribution >= 0.6 is 0 Å². The van der Waals surface area contributed by atoms with Crippen LogP contribution in [0.4, 0.5) is 4.39 Å². The second kappa shape index (κ2) is 11.0. The van der Waals surface area contributed by atoms with Crippen molar-refractivity contribution >= 4 is 25.6 Å². The minimum absolute atomic E-state index is 0.178. The van der Waals surface area contributed by atoms with E-state index in [-0.39, 0.29) is 11.7 Å². The van der Waals surface area contributed by atoms with Crippen LogP contribution in [0.15, 0.2) is 48.5 Å². The lowest BCUT2D eigenvalue weighted by molar-refractivity contribution is 0.0951. The first-order valence-electron chi connectivity index (χ1n) is 13.0. The van der Waals surface area contributed by atoms with E-state index in [1.165, 1.54) is 55.7 Å². The molecular formula is C28H35FN4OSi. The number of hydrogen-bond donors (Lipinski definition) is 1. The molecular weight excluding hydrogens is 455 g/mol. The summed E-state index contributed by atoms with van der Waals surface area (Å²) in [6.45, 7) is 9.50. The zero-order valence-electron chi connectivity index (χ0n) is 20.6. The van der Waals surface area contributed by atoms with Crippen molar-refractivity contribution in [3.63, 3.8) is 0 Å². The van der Waals surface area contributed by atoms with E-state index in [1.54, 1.807) is 12.1 Å². The second-order valence-electron chi connectivity index (χ2n) is 10.2. The number of likely N-dealkylation sites (tertiary alicyclic amines) is 1. The molecule has 0 spiro atoms. The van der Waals surface area contributed by atoms with Crippen molar-refractivity contribution in [1.29, 1.82) is 0 Å². The van der Waals surface area contributed by atoms with E-state index in [0.29, 0.717) is 23.0 Å². The smallest absolute Gasteiger partial charge is 0.252 e. The summed E-state index contributed by atoms with van der Waals surface area (Å²) in [5.74, 6) is -0.541. The summed E-state index contributed by atoms with van der Waals surface area (Å²) in [4.78, 5) is 22.8. The first-order valence-corrected chi connectivity index (χ1v) is 15.8. The number of carbonyl (C=O) groups is 1. The molecule has 5 rings (SSSR count). The molecule has 7 heteroatoms. The zero-order valence-corrected chi connectivity index (χ0v) is 21.8. The molecule has 2 aromatic carbocycles. The Labute approximate surface area is 208 Å². The fourth-order valence-corrected chi connectivity index (χ4v) is 7.12. The molecule has 2 fully saturated rings. The number of rotatable bonds is 7. The van der Waals surface area contributed by atoms with Crippen molar-refractivity contribution < 1.29 is 9.18 Å². The SMILES string of the molecule is C[SiH]1CCN(Cc2ccc(-c3cc(C(=O)NCCN4CCCC4)c4cc(F)ccc4n3)cc2)CC1. The van der Waals surface area contributed by atoms with Gasteiger partial charge in [0, 0.05) is 39.4 Å². The van der Waals surface area contributed by atoms with Crippen LogP contribution in [0.3, 0.4) is 0 Å². The fourth-order valence-electron chi connectivity index (χ4n) is 5.22. The quantitative estimate of drug-likeness (QED) is 0.494. The Bertz CT molecular complexity index is 1170. The maximum atomic E-state index is 14.1. The molecule has 0 saturated carbocycles. The summed E-state index contributed by atoms with van der Waals surface area (Å²) >= 11 is 0. The van der Waals surface area contributed by atoms with Crippen LogP contribution < -0.4 is 5.32 Å². The maximum Gasteiger partial charge on any atom is 0.252 e. The van der Waals surface area contributed by atoms with Crippen molar-refractivity contribution in [3.8, 4) is 11.3 Å². The van der Waals surface area contributed by atoms with Gasteiger partial charge in [-0.3, -0.25) is 9.69 Å². The van der Waals surface area contributed by atoms with Gasteiger partial charge in [0.1, 0.15) is 5.82 Å². The van der Waals surface area contributed by atoms with E-state index in [1.807, 2.05) is 0 Å². The second-order valence-corrected chi connectivity index (χ2v) is 13.5. The number of benzene rings is 2. The first-order chi connectivity index (χ1) is 17.0. The Balaban J connectivity index is 1.35. The number of nitrogens with one attached hydrogen (secondary N) is 1. The molecule has 1 N–H and O–H groups in total. The molecule has 0 atom stereocenters. The highest BCUT2D eigenvalue weighted by Crippen LogP contribution is 2.26. The van der Waals surface area contributed by atoms with E-state index in [0.717, 1.165) is 37.4 Å². The molecule has 0 aliphatic carbocycles. The lowest BCUT2D eigenvalue weighted by atomic mass is 10.0. The molecule has 2 aliphatic rings. The highest BCUT2D eigenvalue weighted by Gasteiger charge is 2.18. The monoisotopic (exact) mass is 490 g/mol. The van der Waals surface area contributed by atoms with E-state index in [4.69, 9.17) is 4.98 Å². The largest absolute Gasteiger partial charge is 0.351 e. The van der Waals surface area contributed by atoms with Crippen LogP contribution in [0.1, 0.15) is 28.8 Å². The van der Waals surface area contributed by atoms with Crippen molar-refractivity contribution in [1.82, 2.24) is 20.1 Å². The van der Waals surface area contributed by atoms with Gasteiger partial charge in [-0.15, -0.1) is 0 Å². The standard InChI is InChI=1S/C28H35FN4OSi/c1-35-16-14-33(15-17-35)20-21-4-6-22(7-5-21)27-19-25(24-18-23(29)8-9-26(24)31-27)28(34)30-10-13-32-11-2-3-12-32/h4-9,18-19,35H,2-3,10-17,20H2,1H3,(H,30,34). The molecule has 3 heterocycles. The van der Waals surface area contributed by atoms with Gasteiger partial charge in [-0.05, 0) is 80.9 Å². The Morgan fingerprint density at radius 2 is 1.74 bits per heavy atom. The van der Waals surface area contributed by atoms with Gasteiger partial charge in [0.25, 0.3) is 5.91 Å². The van der Waals surface area contributed by atoms with Crippen molar-refractivity contribution in [2.75, 3.05) is 39.3 Å². The molecule has 184 valence electrons. The molecule has 0 bridgehead atoms.